The average molecular weight is 167 g/mol. The van der Waals surface area contributed by atoms with Gasteiger partial charge in [0.15, 0.2) is 0 Å². The van der Waals surface area contributed by atoms with Crippen LogP contribution in [0.25, 0.3) is 0 Å². The Kier molecular flexibility index (Phi) is 5.32. The Hall–Kier alpha value is -0.220. The van der Waals surface area contributed by atoms with E-state index < -0.39 is 12.5 Å². The van der Waals surface area contributed by atoms with E-state index in [-0.39, 0.29) is 6.54 Å². The lowest BCUT2D eigenvalue weighted by atomic mass is 10.2. The van der Waals surface area contributed by atoms with Crippen molar-refractivity contribution in [1.29, 1.82) is 0 Å². The molecular weight excluding hydrogens is 152 g/mol. The molecule has 0 aromatic rings. The fraction of sp³-hybridized carbons (Fsp3) is 1.00. The average Bonchev–Trinajstić information content (AvgIpc) is 1.86. The standard InChI is InChI=1S/C7H15F2NO/c1-5(2)3-10-4-6(11)7(8)9/h5-7,10-11H,3-4H2,1-2H3. The second kappa shape index (κ2) is 5.43. The van der Waals surface area contributed by atoms with Crippen molar-refractivity contribution in [3.63, 3.8) is 0 Å². The molecule has 2 nitrogen and oxygen atoms in total. The zero-order valence-electron chi connectivity index (χ0n) is 6.85. The molecule has 0 aliphatic heterocycles. The maximum Gasteiger partial charge on any atom is 0.265 e. The second-order valence-corrected chi connectivity index (χ2v) is 2.95. The number of hydrogen-bond donors (Lipinski definition) is 2. The number of aliphatic hydroxyl groups excluding tert-OH is 1. The Morgan fingerprint density at radius 2 is 1.82 bits per heavy atom. The van der Waals surface area contributed by atoms with Crippen molar-refractivity contribution in [2.24, 2.45) is 5.92 Å². The van der Waals surface area contributed by atoms with Gasteiger partial charge in [-0.1, -0.05) is 13.8 Å². The number of alkyl halides is 2. The van der Waals surface area contributed by atoms with Crippen LogP contribution >= 0.6 is 0 Å². The fourth-order valence-electron chi connectivity index (χ4n) is 0.609. The van der Waals surface area contributed by atoms with Gasteiger partial charge in [-0.05, 0) is 12.5 Å². The number of rotatable bonds is 5. The van der Waals surface area contributed by atoms with Crippen molar-refractivity contribution < 1.29 is 13.9 Å². The minimum Gasteiger partial charge on any atom is -0.386 e. The van der Waals surface area contributed by atoms with Crippen LogP contribution in [0.3, 0.4) is 0 Å². The first-order chi connectivity index (χ1) is 5.04. The summed E-state index contributed by atoms with van der Waals surface area (Å²) in [5, 5.41) is 11.4. The third-order valence-electron chi connectivity index (χ3n) is 1.20. The smallest absolute Gasteiger partial charge is 0.265 e. The number of nitrogens with one attached hydrogen (secondary N) is 1. The maximum atomic E-state index is 11.7. The first kappa shape index (κ1) is 10.8. The summed E-state index contributed by atoms with van der Waals surface area (Å²) in [5.74, 6) is 0.417. The monoisotopic (exact) mass is 167 g/mol. The van der Waals surface area contributed by atoms with Crippen molar-refractivity contribution >= 4 is 0 Å². The molecule has 0 heterocycles. The molecule has 0 rings (SSSR count). The summed E-state index contributed by atoms with van der Waals surface area (Å²) < 4.78 is 23.3. The van der Waals surface area contributed by atoms with Gasteiger partial charge in [-0.15, -0.1) is 0 Å². The molecule has 1 unspecified atom stereocenters. The van der Waals surface area contributed by atoms with Gasteiger partial charge in [0.2, 0.25) is 0 Å². The largest absolute Gasteiger partial charge is 0.386 e. The summed E-state index contributed by atoms with van der Waals surface area (Å²) in [7, 11) is 0. The van der Waals surface area contributed by atoms with E-state index in [1.54, 1.807) is 0 Å². The van der Waals surface area contributed by atoms with Crippen LogP contribution in [-0.2, 0) is 0 Å². The van der Waals surface area contributed by atoms with Gasteiger partial charge in [-0.3, -0.25) is 0 Å². The van der Waals surface area contributed by atoms with Crippen molar-refractivity contribution in [3.05, 3.63) is 0 Å². The van der Waals surface area contributed by atoms with E-state index in [4.69, 9.17) is 5.11 Å². The van der Waals surface area contributed by atoms with E-state index in [1.807, 2.05) is 13.8 Å². The van der Waals surface area contributed by atoms with Gasteiger partial charge in [-0.2, -0.15) is 0 Å². The van der Waals surface area contributed by atoms with Gasteiger partial charge < -0.3 is 10.4 Å². The Balaban J connectivity index is 3.24. The second-order valence-electron chi connectivity index (χ2n) is 2.95. The van der Waals surface area contributed by atoms with Gasteiger partial charge in [0.25, 0.3) is 6.43 Å². The zero-order valence-corrected chi connectivity index (χ0v) is 6.85. The molecule has 0 aromatic carbocycles. The molecule has 0 bridgehead atoms. The fourth-order valence-corrected chi connectivity index (χ4v) is 0.609. The molecule has 0 fully saturated rings. The quantitative estimate of drug-likeness (QED) is 0.636. The molecule has 1 atom stereocenters. The molecule has 0 radical (unpaired) electrons. The van der Waals surface area contributed by atoms with Crippen LogP contribution < -0.4 is 5.32 Å². The molecule has 0 saturated carbocycles. The molecule has 68 valence electrons. The van der Waals surface area contributed by atoms with Crippen LogP contribution in [0.15, 0.2) is 0 Å². The van der Waals surface area contributed by atoms with Crippen LogP contribution in [0.4, 0.5) is 8.78 Å². The van der Waals surface area contributed by atoms with Gasteiger partial charge in [0.1, 0.15) is 6.10 Å². The summed E-state index contributed by atoms with van der Waals surface area (Å²) in [6, 6.07) is 0. The zero-order chi connectivity index (χ0) is 8.85. The van der Waals surface area contributed by atoms with E-state index in [2.05, 4.69) is 5.32 Å². The molecule has 11 heavy (non-hydrogen) atoms. The van der Waals surface area contributed by atoms with Crippen molar-refractivity contribution in [1.82, 2.24) is 5.32 Å². The number of hydrogen-bond acceptors (Lipinski definition) is 2. The van der Waals surface area contributed by atoms with Gasteiger partial charge in [-0.25, -0.2) is 8.78 Å². The van der Waals surface area contributed by atoms with E-state index in [9.17, 15) is 8.78 Å². The topological polar surface area (TPSA) is 32.3 Å². The maximum absolute atomic E-state index is 11.7. The van der Waals surface area contributed by atoms with E-state index in [0.29, 0.717) is 12.5 Å². The van der Waals surface area contributed by atoms with Crippen molar-refractivity contribution in [2.75, 3.05) is 13.1 Å². The van der Waals surface area contributed by atoms with E-state index >= 15 is 0 Å². The highest BCUT2D eigenvalue weighted by molar-refractivity contribution is 4.61. The SMILES string of the molecule is CC(C)CNCC(O)C(F)F. The Bertz CT molecular complexity index is 98.4. The Labute approximate surface area is 65.6 Å². The van der Waals surface area contributed by atoms with Crippen LogP contribution in [0.2, 0.25) is 0 Å². The predicted molar refractivity (Wildman–Crippen MR) is 39.7 cm³/mol. The minimum absolute atomic E-state index is 0.0319. The first-order valence-electron chi connectivity index (χ1n) is 3.71. The lowest BCUT2D eigenvalue weighted by Crippen LogP contribution is -2.33. The van der Waals surface area contributed by atoms with Crippen LogP contribution in [0.5, 0.6) is 0 Å². The molecule has 0 aliphatic rings. The first-order valence-corrected chi connectivity index (χ1v) is 3.71. The van der Waals surface area contributed by atoms with Crippen LogP contribution in [-0.4, -0.2) is 30.7 Å². The van der Waals surface area contributed by atoms with E-state index in [1.165, 1.54) is 0 Å². The third-order valence-corrected chi connectivity index (χ3v) is 1.20. The number of aliphatic hydroxyl groups is 1. The Morgan fingerprint density at radius 1 is 1.27 bits per heavy atom. The van der Waals surface area contributed by atoms with Crippen LogP contribution in [0, 0.1) is 5.92 Å². The summed E-state index contributed by atoms with van der Waals surface area (Å²) in [6.07, 6.45) is -4.18. The van der Waals surface area contributed by atoms with Crippen molar-refractivity contribution in [2.45, 2.75) is 26.4 Å². The summed E-state index contributed by atoms with van der Waals surface area (Å²) in [6.45, 7) is 4.57. The normalized spacial score (nSPS) is 14.5. The Morgan fingerprint density at radius 3 is 2.18 bits per heavy atom. The summed E-state index contributed by atoms with van der Waals surface area (Å²) in [5.41, 5.74) is 0. The van der Waals surface area contributed by atoms with Gasteiger partial charge in [0.05, 0.1) is 0 Å². The number of halogens is 2. The molecule has 4 heteroatoms. The molecule has 0 amide bonds. The lowest BCUT2D eigenvalue weighted by molar-refractivity contribution is -0.00346. The molecule has 0 spiro atoms. The summed E-state index contributed by atoms with van der Waals surface area (Å²) >= 11 is 0. The summed E-state index contributed by atoms with van der Waals surface area (Å²) in [4.78, 5) is 0. The molecule has 2 N–H and O–H groups in total. The van der Waals surface area contributed by atoms with Gasteiger partial charge in [0, 0.05) is 6.54 Å². The molecule has 0 saturated heterocycles. The molecule has 0 aliphatic carbocycles. The highest BCUT2D eigenvalue weighted by Crippen LogP contribution is 1.98. The highest BCUT2D eigenvalue weighted by Gasteiger charge is 2.15. The van der Waals surface area contributed by atoms with E-state index in [0.717, 1.165) is 0 Å². The predicted octanol–water partition coefficient (Wildman–Crippen LogP) is 0.858. The van der Waals surface area contributed by atoms with Crippen LogP contribution in [0.1, 0.15) is 13.8 Å². The van der Waals surface area contributed by atoms with Crippen molar-refractivity contribution in [3.8, 4) is 0 Å². The molecular formula is C7H15F2NO. The highest BCUT2D eigenvalue weighted by atomic mass is 19.3. The lowest BCUT2D eigenvalue weighted by Gasteiger charge is -2.11. The minimum atomic E-state index is -2.64. The third kappa shape index (κ3) is 6.19. The molecule has 0 aromatic heterocycles. The van der Waals surface area contributed by atoms with Gasteiger partial charge >= 0.3 is 0 Å².